The van der Waals surface area contributed by atoms with E-state index in [-0.39, 0.29) is 0 Å². The average molecular weight is 218 g/mol. The number of hydrogen-bond donors (Lipinski definition) is 0. The Hall–Kier alpha value is 0.394. The summed E-state index contributed by atoms with van der Waals surface area (Å²) in [5, 5.41) is 0. The first-order valence-corrected chi connectivity index (χ1v) is 10.1. The van der Waals surface area contributed by atoms with E-state index in [1.165, 1.54) is 37.0 Å². The van der Waals surface area contributed by atoms with Crippen LogP contribution in [0.3, 0.4) is 0 Å². The van der Waals surface area contributed by atoms with Crippen molar-refractivity contribution in [3.63, 3.8) is 0 Å². The Morgan fingerprint density at radius 1 is 0.769 bits per heavy atom. The van der Waals surface area contributed by atoms with Crippen molar-refractivity contribution in [3.05, 3.63) is 0 Å². The van der Waals surface area contributed by atoms with E-state index < -0.39 is 18.1 Å². The fourth-order valence-corrected chi connectivity index (χ4v) is 8.56. The van der Waals surface area contributed by atoms with Crippen LogP contribution in [0, 0.1) is 0 Å². The van der Waals surface area contributed by atoms with E-state index in [0.717, 1.165) is 0 Å². The van der Waals surface area contributed by atoms with Crippen LogP contribution in [-0.4, -0.2) is 18.1 Å². The molecule has 0 aromatic heterocycles. The Morgan fingerprint density at radius 2 is 1.15 bits per heavy atom. The molecule has 0 heterocycles. The molecule has 2 atom stereocenters. The fraction of sp³-hybridized carbons (Fsp3) is 1.00. The van der Waals surface area contributed by atoms with Crippen molar-refractivity contribution < 1.29 is 4.12 Å². The van der Waals surface area contributed by atoms with E-state index in [1.807, 2.05) is 0 Å². The molecule has 80 valence electrons. The third-order valence-corrected chi connectivity index (χ3v) is 9.86. The molecule has 0 N–H and O–H groups in total. The second-order valence-electron chi connectivity index (χ2n) is 3.77. The predicted molar refractivity (Wildman–Crippen MR) is 66.5 cm³/mol. The van der Waals surface area contributed by atoms with Gasteiger partial charge in [-0.15, -0.1) is 0 Å². The summed E-state index contributed by atoms with van der Waals surface area (Å²) in [6.45, 7) is 9.17. The summed E-state index contributed by atoms with van der Waals surface area (Å²) in [5.74, 6) is 0. The minimum absolute atomic E-state index is 0.758. The molecule has 0 aromatic rings. The van der Waals surface area contributed by atoms with Gasteiger partial charge in [0, 0.05) is 0 Å². The van der Waals surface area contributed by atoms with Crippen LogP contribution in [-0.2, 0) is 4.12 Å². The van der Waals surface area contributed by atoms with Gasteiger partial charge in [-0.05, 0) is 24.2 Å². The van der Waals surface area contributed by atoms with Crippen LogP contribution in [0.5, 0.6) is 0 Å². The number of rotatable bonds is 8. The Morgan fingerprint density at radius 3 is 1.38 bits per heavy atom. The first-order chi connectivity index (χ1) is 6.28. The van der Waals surface area contributed by atoms with E-state index in [9.17, 15) is 0 Å². The van der Waals surface area contributed by atoms with Crippen molar-refractivity contribution in [3.8, 4) is 0 Å². The lowest BCUT2D eigenvalue weighted by molar-refractivity contribution is 0.568. The van der Waals surface area contributed by atoms with Gasteiger partial charge in [0.1, 0.15) is 0 Å². The minimum atomic E-state index is -0.758. The Balaban J connectivity index is 3.73. The van der Waals surface area contributed by atoms with Crippen molar-refractivity contribution in [1.82, 2.24) is 0 Å². The lowest BCUT2D eigenvalue weighted by Crippen LogP contribution is -2.27. The minimum Gasteiger partial charge on any atom is -0.460 e. The second-order valence-corrected chi connectivity index (χ2v) is 10.1. The van der Waals surface area contributed by atoms with Gasteiger partial charge in [-0.3, -0.25) is 0 Å². The van der Waals surface area contributed by atoms with Crippen molar-refractivity contribution in [2.24, 2.45) is 0 Å². The van der Waals surface area contributed by atoms with Crippen LogP contribution in [0.25, 0.3) is 0 Å². The normalized spacial score (nSPS) is 15.7. The summed E-state index contributed by atoms with van der Waals surface area (Å²) in [5.41, 5.74) is 0. The largest absolute Gasteiger partial charge is 0.460 e. The summed E-state index contributed by atoms with van der Waals surface area (Å²) < 4.78 is 6.31. The molecule has 0 bridgehead atoms. The van der Waals surface area contributed by atoms with Gasteiger partial charge in [0.15, 0.2) is 18.1 Å². The van der Waals surface area contributed by atoms with Crippen LogP contribution in [0.4, 0.5) is 0 Å². The van der Waals surface area contributed by atoms with E-state index in [4.69, 9.17) is 4.12 Å². The molecule has 0 saturated carbocycles. The van der Waals surface area contributed by atoms with Crippen LogP contribution in [0.2, 0.25) is 24.2 Å². The zero-order valence-corrected chi connectivity index (χ0v) is 12.1. The highest BCUT2D eigenvalue weighted by atomic mass is 28.4. The van der Waals surface area contributed by atoms with E-state index >= 15 is 0 Å². The van der Waals surface area contributed by atoms with Crippen molar-refractivity contribution in [2.45, 2.75) is 64.7 Å². The molecular weight excluding hydrogens is 192 g/mol. The average Bonchev–Trinajstić information content (AvgIpc) is 2.16. The fourth-order valence-electron chi connectivity index (χ4n) is 1.65. The van der Waals surface area contributed by atoms with Gasteiger partial charge in [0.2, 0.25) is 0 Å². The first kappa shape index (κ1) is 13.4. The van der Waals surface area contributed by atoms with Gasteiger partial charge in [0.05, 0.1) is 0 Å². The molecule has 0 aliphatic carbocycles. The third kappa shape index (κ3) is 6.46. The molecule has 0 amide bonds. The highest BCUT2D eigenvalue weighted by Gasteiger charge is 2.14. The molecule has 2 unspecified atom stereocenters. The van der Waals surface area contributed by atoms with E-state index in [0.29, 0.717) is 0 Å². The molecule has 0 rings (SSSR count). The maximum absolute atomic E-state index is 6.31. The summed E-state index contributed by atoms with van der Waals surface area (Å²) in [6.07, 6.45) is 2.64. The highest BCUT2D eigenvalue weighted by Crippen LogP contribution is 2.11. The van der Waals surface area contributed by atoms with Crippen LogP contribution in [0.1, 0.15) is 40.5 Å². The standard InChI is InChI=1S/C10H26OSi2/c1-5-9-12(7-3)11-13(8-4)10-6-2/h12-13H,5-10H2,1-4H3. The molecule has 0 saturated heterocycles. The molecule has 0 fully saturated rings. The van der Waals surface area contributed by atoms with Gasteiger partial charge in [-0.25, -0.2) is 0 Å². The van der Waals surface area contributed by atoms with Crippen molar-refractivity contribution in [1.29, 1.82) is 0 Å². The Kier molecular flexibility index (Phi) is 9.24. The van der Waals surface area contributed by atoms with Crippen LogP contribution in [0.15, 0.2) is 0 Å². The second kappa shape index (κ2) is 8.97. The smallest absolute Gasteiger partial charge is 0.162 e. The van der Waals surface area contributed by atoms with Gasteiger partial charge >= 0.3 is 0 Å². The molecule has 0 aliphatic heterocycles. The quantitative estimate of drug-likeness (QED) is 0.568. The van der Waals surface area contributed by atoms with Crippen molar-refractivity contribution >= 4 is 18.1 Å². The SMILES string of the molecule is CCC[SiH](CC)O[SiH](CC)CCC. The van der Waals surface area contributed by atoms with Gasteiger partial charge in [-0.2, -0.15) is 0 Å². The van der Waals surface area contributed by atoms with Gasteiger partial charge in [-0.1, -0.05) is 40.5 Å². The third-order valence-electron chi connectivity index (χ3n) is 2.52. The molecule has 0 aromatic carbocycles. The van der Waals surface area contributed by atoms with E-state index in [2.05, 4.69) is 27.7 Å². The Labute approximate surface area is 87.3 Å². The zero-order valence-electron chi connectivity index (χ0n) is 9.81. The molecule has 1 nitrogen and oxygen atoms in total. The summed E-state index contributed by atoms with van der Waals surface area (Å²) in [7, 11) is -1.52. The first-order valence-electron chi connectivity index (χ1n) is 5.93. The molecule has 0 aliphatic rings. The zero-order chi connectivity index (χ0) is 10.1. The summed E-state index contributed by atoms with van der Waals surface area (Å²) in [4.78, 5) is 0. The summed E-state index contributed by atoms with van der Waals surface area (Å²) >= 11 is 0. The monoisotopic (exact) mass is 218 g/mol. The highest BCUT2D eigenvalue weighted by molar-refractivity contribution is 6.66. The number of hydrogen-bond acceptors (Lipinski definition) is 1. The van der Waals surface area contributed by atoms with Crippen LogP contribution >= 0.6 is 0 Å². The van der Waals surface area contributed by atoms with E-state index in [1.54, 1.807) is 0 Å². The maximum atomic E-state index is 6.31. The molecule has 0 spiro atoms. The Bertz CT molecular complexity index is 97.1. The summed E-state index contributed by atoms with van der Waals surface area (Å²) in [6, 6.07) is 5.45. The van der Waals surface area contributed by atoms with Crippen LogP contribution < -0.4 is 0 Å². The molecular formula is C10H26OSi2. The van der Waals surface area contributed by atoms with Crippen molar-refractivity contribution in [2.75, 3.05) is 0 Å². The molecule has 3 heteroatoms. The predicted octanol–water partition coefficient (Wildman–Crippen LogP) is 3.31. The topological polar surface area (TPSA) is 9.23 Å². The lowest BCUT2D eigenvalue weighted by Gasteiger charge is -2.21. The van der Waals surface area contributed by atoms with Gasteiger partial charge < -0.3 is 4.12 Å². The molecule has 13 heavy (non-hydrogen) atoms. The maximum Gasteiger partial charge on any atom is 0.162 e. The lowest BCUT2D eigenvalue weighted by atomic mass is 10.6. The molecule has 0 radical (unpaired) electrons. The van der Waals surface area contributed by atoms with Gasteiger partial charge in [0.25, 0.3) is 0 Å².